The van der Waals surface area contributed by atoms with E-state index in [4.69, 9.17) is 17.2 Å². The second-order valence-corrected chi connectivity index (χ2v) is 30.1. The van der Waals surface area contributed by atoms with Crippen molar-refractivity contribution < 1.29 is 75.5 Å². The van der Waals surface area contributed by atoms with Gasteiger partial charge < -0.3 is 37.6 Å². The molecule has 0 radical (unpaired) electrons. The number of fused-ring (bicyclic) bond motifs is 6. The Kier molecular flexibility index (Phi) is 23.2. The van der Waals surface area contributed by atoms with Crippen LogP contribution in [0.4, 0.5) is 39.5 Å². The van der Waals surface area contributed by atoms with Crippen LogP contribution in [0.3, 0.4) is 0 Å². The number of nitrogens with two attached hydrogens (primary N) is 3. The molecule has 4 amide bonds. The number of carbonyl (C=O) groups is 4. The van der Waals surface area contributed by atoms with Crippen LogP contribution in [-0.4, -0.2) is 163 Å². The smallest absolute Gasteiger partial charge is 0.278 e. The van der Waals surface area contributed by atoms with Crippen LogP contribution in [0.15, 0.2) is 48.8 Å². The summed E-state index contributed by atoms with van der Waals surface area (Å²) in [5.41, 5.74) is 19.9. The first-order valence-electron chi connectivity index (χ1n) is 31.7. The van der Waals surface area contributed by atoms with Gasteiger partial charge in [0.05, 0.1) is 30.7 Å². The van der Waals surface area contributed by atoms with Gasteiger partial charge in [0.25, 0.3) is 16.1 Å². The van der Waals surface area contributed by atoms with E-state index in [0.29, 0.717) is 75.3 Å². The molecule has 7 fully saturated rings. The van der Waals surface area contributed by atoms with Crippen molar-refractivity contribution in [3.63, 3.8) is 0 Å². The van der Waals surface area contributed by atoms with Crippen LogP contribution < -0.4 is 32.6 Å². The van der Waals surface area contributed by atoms with E-state index in [0.717, 1.165) is 61.0 Å². The predicted octanol–water partition coefficient (Wildman–Crippen LogP) is 5.48. The molecule has 3 aromatic carbocycles. The summed E-state index contributed by atoms with van der Waals surface area (Å²) in [6.45, 7) is 1.41. The lowest BCUT2D eigenvalue weighted by molar-refractivity contribution is -0.137. The zero-order chi connectivity index (χ0) is 68.2. The molecule has 7 heterocycles. The Bertz CT molecular complexity index is 3620. The molecular weight excluding hydrogens is 1290 g/mol. The molecule has 4 aromatic rings. The number of benzene rings is 3. The largest absolute Gasteiger partial charge is 0.347 e. The Morgan fingerprint density at radius 2 is 0.883 bits per heavy atom. The van der Waals surface area contributed by atoms with Crippen molar-refractivity contribution in [2.75, 3.05) is 39.5 Å². The number of sulfonamides is 1. The second-order valence-electron chi connectivity index (χ2n) is 26.2. The minimum atomic E-state index is -3.72. The van der Waals surface area contributed by atoms with Gasteiger partial charge in [-0.05, 0) is 169 Å². The lowest BCUT2D eigenvalue weighted by Crippen LogP contribution is -2.52. The number of aromatic nitrogens is 2. The third-order valence-electron chi connectivity index (χ3n) is 19.5. The quantitative estimate of drug-likeness (QED) is 0.0446. The SMILES string of the molecule is CN(C)S(=O)(=O)NCCS(=O)(=O)N1[C@@H]2CC[C@H]1CC([C@H](N)Cc1cc(F)c(F)cc1F)C2.Cc1cnc(C(=O)NCC(=O)N2[C@@H]3CC[C@H]2CC([C@H](N)Cc2cc(F)c(F)cc2F)C3)cn1.N[C@H](Cc1cc(F)c(F)cc1F)C1C[C@H]2CC[C@@H](C1)N2C(=O)CNC(=O)C1CC1. The number of halogens is 9. The monoisotopic (exact) mass is 1370 g/mol. The highest BCUT2D eigenvalue weighted by atomic mass is 32.2. The molecule has 7 aliphatic rings. The lowest BCUT2D eigenvalue weighted by atomic mass is 9.82. The number of amides is 4. The molecule has 9 N–H and O–H groups in total. The molecular formula is C63H81F9N12O8S2. The summed E-state index contributed by atoms with van der Waals surface area (Å²) in [6.07, 6.45) is 13.3. The van der Waals surface area contributed by atoms with E-state index in [2.05, 4.69) is 25.3 Å². The molecule has 94 heavy (non-hydrogen) atoms. The predicted molar refractivity (Wildman–Crippen MR) is 327 cm³/mol. The van der Waals surface area contributed by atoms with Gasteiger partial charge in [-0.2, -0.15) is 17.0 Å². The minimum absolute atomic E-state index is 0.00743. The van der Waals surface area contributed by atoms with E-state index < -0.39 is 96.6 Å². The molecule has 31 heteroatoms. The van der Waals surface area contributed by atoms with Crippen LogP contribution in [-0.2, 0) is 53.9 Å². The second kappa shape index (κ2) is 30.4. The van der Waals surface area contributed by atoms with Crippen molar-refractivity contribution in [2.45, 2.75) is 170 Å². The fourth-order valence-corrected chi connectivity index (χ4v) is 17.1. The number of hydrogen-bond donors (Lipinski definition) is 6. The average Bonchev–Trinajstić information content (AvgIpc) is 1.62. The summed E-state index contributed by atoms with van der Waals surface area (Å²) in [6, 6.07) is 2.32. The molecule has 0 spiro atoms. The van der Waals surface area contributed by atoms with Crippen LogP contribution in [0.1, 0.15) is 123 Å². The van der Waals surface area contributed by atoms with Crippen molar-refractivity contribution in [3.05, 3.63) is 129 Å². The van der Waals surface area contributed by atoms with E-state index in [1.54, 1.807) is 6.92 Å². The first-order chi connectivity index (χ1) is 44.4. The third-order valence-corrected chi connectivity index (χ3v) is 23.0. The van der Waals surface area contributed by atoms with E-state index in [1.807, 2.05) is 9.80 Å². The summed E-state index contributed by atoms with van der Waals surface area (Å²) in [4.78, 5) is 61.2. The van der Waals surface area contributed by atoms with Crippen LogP contribution in [0.25, 0.3) is 0 Å². The lowest BCUT2D eigenvalue weighted by Gasteiger charge is -2.41. The van der Waals surface area contributed by atoms with Crippen molar-refractivity contribution >= 4 is 43.9 Å². The molecule has 6 saturated heterocycles. The molecule has 1 aromatic heterocycles. The van der Waals surface area contributed by atoms with Crippen molar-refractivity contribution in [3.8, 4) is 0 Å². The first-order valence-corrected chi connectivity index (χ1v) is 34.7. The Labute approximate surface area is 540 Å². The Balaban J connectivity index is 0.000000166. The summed E-state index contributed by atoms with van der Waals surface area (Å²) in [7, 11) is -4.73. The number of rotatable bonds is 21. The normalized spacial score (nSPS) is 25.0. The highest BCUT2D eigenvalue weighted by molar-refractivity contribution is 7.89. The van der Waals surface area contributed by atoms with Gasteiger partial charge in [-0.15, -0.1) is 0 Å². The average molecular weight is 1370 g/mol. The standard InChI is InChI=1S/C23H26F3N5O2.C21H26F3N3O2.C19H29F3N4O4S2/c1-12-9-29-21(10-28-12)23(33)30-11-22(32)31-15-2-3-16(31)5-14(4-15)20(27)7-13-6-18(25)19(26)8-17(13)24;22-16-9-18(24)17(23)7-12(16)8-19(25)13-5-14-3-4-15(6-13)27(14)20(28)10-26-21(29)11-1-2-11;1-25(2)32(29,30)24-5-6-31(27,28)26-14-3-4-15(26)8-13(7-14)19(23)10-12-9-17(21)18(22)11-16(12)20/h6,8-10,14-16,20H,2-5,7,11,27H2,1H3,(H,30,33);7,9,11,13-15,19H,1-6,8,10,25H2,(H,26,29);9,11,13-15,19,24H,3-8,10,23H2,1-2H3/t14?,15-,16+,20-;2*13?,14-,15+,19-/m111/s1. The van der Waals surface area contributed by atoms with Crippen molar-refractivity contribution in [1.29, 1.82) is 0 Å². The summed E-state index contributed by atoms with van der Waals surface area (Å²) < 4.78 is 176. The molecule has 1 saturated carbocycles. The number of carbonyl (C=O) groups excluding carboxylic acids is 4. The molecule has 11 rings (SSSR count). The van der Waals surface area contributed by atoms with Crippen LogP contribution in [0.2, 0.25) is 0 Å². The summed E-state index contributed by atoms with van der Waals surface area (Å²) in [5.74, 6) is -10.5. The van der Waals surface area contributed by atoms with Crippen molar-refractivity contribution in [2.24, 2.45) is 40.9 Å². The maximum atomic E-state index is 14.0. The minimum Gasteiger partial charge on any atom is -0.347 e. The number of hydrogen-bond acceptors (Lipinski definition) is 13. The molecule has 20 nitrogen and oxygen atoms in total. The number of aryl methyl sites for hydroxylation is 1. The van der Waals surface area contributed by atoms with Crippen molar-refractivity contribution in [1.82, 2.24) is 43.7 Å². The number of nitrogens with zero attached hydrogens (tertiary/aromatic N) is 6. The molecule has 12 atom stereocenters. The third kappa shape index (κ3) is 17.4. The van der Waals surface area contributed by atoms with Gasteiger partial charge in [-0.3, -0.25) is 24.2 Å². The van der Waals surface area contributed by atoms with Gasteiger partial charge in [-0.25, -0.2) is 57.6 Å². The maximum absolute atomic E-state index is 14.0. The summed E-state index contributed by atoms with van der Waals surface area (Å²) in [5, 5.41) is 5.33. The highest BCUT2D eigenvalue weighted by Crippen LogP contribution is 2.44. The topological polar surface area (TPSA) is 289 Å². The Hall–Kier alpha value is -6.35. The van der Waals surface area contributed by atoms with Gasteiger partial charge in [-0.1, -0.05) is 0 Å². The van der Waals surface area contributed by atoms with Gasteiger partial charge in [0.2, 0.25) is 27.7 Å². The molecule has 6 aliphatic heterocycles. The van der Waals surface area contributed by atoms with E-state index in [9.17, 15) is 75.5 Å². The van der Waals surface area contributed by atoms with Gasteiger partial charge in [0.1, 0.15) is 23.1 Å². The zero-order valence-corrected chi connectivity index (χ0v) is 54.0. The summed E-state index contributed by atoms with van der Waals surface area (Å²) >= 11 is 0. The first kappa shape index (κ1) is 71.9. The highest BCUT2D eigenvalue weighted by Gasteiger charge is 2.49. The van der Waals surface area contributed by atoms with Crippen LogP contribution >= 0.6 is 0 Å². The van der Waals surface area contributed by atoms with E-state index >= 15 is 0 Å². The van der Waals surface area contributed by atoms with Gasteiger partial charge >= 0.3 is 0 Å². The van der Waals surface area contributed by atoms with Gasteiger partial charge in [0.15, 0.2) is 34.9 Å². The Morgan fingerprint density at radius 3 is 1.24 bits per heavy atom. The fraction of sp³-hybridized carbons (Fsp3) is 0.587. The molecule has 6 bridgehead atoms. The van der Waals surface area contributed by atoms with Gasteiger partial charge in [0, 0.05) is 105 Å². The zero-order valence-electron chi connectivity index (χ0n) is 52.4. The number of nitrogens with one attached hydrogen (secondary N) is 3. The van der Waals surface area contributed by atoms with Crippen LogP contribution in [0.5, 0.6) is 0 Å². The maximum Gasteiger partial charge on any atom is 0.278 e. The van der Waals surface area contributed by atoms with Crippen LogP contribution in [0, 0.1) is 83.0 Å². The number of piperidine rings is 3. The molecule has 516 valence electrons. The fourth-order valence-electron chi connectivity index (χ4n) is 14.5. The van der Waals surface area contributed by atoms with E-state index in [1.165, 1.54) is 30.8 Å². The van der Waals surface area contributed by atoms with E-state index in [-0.39, 0.29) is 145 Å². The molecule has 3 unspecified atom stereocenters. The molecule has 1 aliphatic carbocycles. The Morgan fingerprint density at radius 1 is 0.521 bits per heavy atom.